The van der Waals surface area contributed by atoms with Crippen LogP contribution in [0.5, 0.6) is 0 Å². The first-order valence-corrected chi connectivity index (χ1v) is 4.86. The van der Waals surface area contributed by atoms with Gasteiger partial charge in [-0.3, -0.25) is 9.59 Å². The number of halogens is 1. The van der Waals surface area contributed by atoms with E-state index in [1.165, 1.54) is 12.1 Å². The van der Waals surface area contributed by atoms with Crippen LogP contribution >= 0.6 is 0 Å². The summed E-state index contributed by atoms with van der Waals surface area (Å²) in [4.78, 5) is 33.5. The zero-order chi connectivity index (χ0) is 13.0. The molecule has 17 heavy (non-hydrogen) atoms. The fraction of sp³-hybridized carbons (Fsp3) is 0.250. The summed E-state index contributed by atoms with van der Waals surface area (Å²) in [5.74, 6) is -3.16. The van der Waals surface area contributed by atoms with E-state index >= 15 is 0 Å². The van der Waals surface area contributed by atoms with Crippen molar-refractivity contribution < 1.29 is 23.5 Å². The predicted octanol–water partition coefficient (Wildman–Crippen LogP) is 1.45. The number of aryl methyl sites for hydroxylation is 1. The second kappa shape index (κ2) is 5.34. The summed E-state index contributed by atoms with van der Waals surface area (Å²) >= 11 is 0. The van der Waals surface area contributed by atoms with Gasteiger partial charge in [-0.25, -0.2) is 9.18 Å². The van der Waals surface area contributed by atoms with E-state index in [4.69, 9.17) is 0 Å². The van der Waals surface area contributed by atoms with E-state index in [0.29, 0.717) is 5.56 Å². The van der Waals surface area contributed by atoms with E-state index < -0.39 is 29.8 Å². The minimum atomic E-state index is -1.08. The van der Waals surface area contributed by atoms with Crippen LogP contribution in [0.2, 0.25) is 0 Å². The molecule has 0 aliphatic rings. The van der Waals surface area contributed by atoms with Gasteiger partial charge in [0.15, 0.2) is 5.78 Å². The molecule has 1 aromatic carbocycles. The number of hydrogen-bond acceptors (Lipinski definition) is 4. The van der Waals surface area contributed by atoms with E-state index in [1.54, 1.807) is 6.92 Å². The summed E-state index contributed by atoms with van der Waals surface area (Å²) in [5, 5.41) is 0. The molecule has 0 saturated carbocycles. The van der Waals surface area contributed by atoms with Crippen LogP contribution in [0.25, 0.3) is 0 Å². The minimum absolute atomic E-state index is 0.0605. The Bertz CT molecular complexity index is 479. The molecule has 90 valence electrons. The third-order valence-corrected chi connectivity index (χ3v) is 2.23. The van der Waals surface area contributed by atoms with Gasteiger partial charge >= 0.3 is 5.97 Å². The van der Waals surface area contributed by atoms with Gasteiger partial charge in [0.25, 0.3) is 0 Å². The Labute approximate surface area is 97.4 Å². The number of rotatable bonds is 4. The molecule has 0 amide bonds. The minimum Gasteiger partial charge on any atom is -0.463 e. The third kappa shape index (κ3) is 3.21. The van der Waals surface area contributed by atoms with Crippen molar-refractivity contribution in [1.82, 2.24) is 0 Å². The van der Waals surface area contributed by atoms with Crippen LogP contribution in [0.4, 0.5) is 4.39 Å². The molecule has 0 aliphatic heterocycles. The van der Waals surface area contributed by atoms with Crippen LogP contribution < -0.4 is 0 Å². The fourth-order valence-corrected chi connectivity index (χ4v) is 1.20. The van der Waals surface area contributed by atoms with Crippen molar-refractivity contribution in [3.63, 3.8) is 0 Å². The van der Waals surface area contributed by atoms with E-state index in [1.807, 2.05) is 0 Å². The quantitative estimate of drug-likeness (QED) is 0.345. The fourth-order valence-electron chi connectivity index (χ4n) is 1.20. The average Bonchev–Trinajstić information content (AvgIpc) is 2.31. The molecule has 0 heterocycles. The van der Waals surface area contributed by atoms with Gasteiger partial charge in [-0.2, -0.15) is 0 Å². The maximum Gasteiger partial charge on any atom is 0.374 e. The highest BCUT2D eigenvalue weighted by Gasteiger charge is 2.19. The Kier molecular flexibility index (Phi) is 4.09. The number of ether oxygens (including phenoxy) is 1. The monoisotopic (exact) mass is 238 g/mol. The Balaban J connectivity index is 2.80. The molecule has 0 saturated heterocycles. The number of carbonyl (C=O) groups excluding carboxylic acids is 3. The van der Waals surface area contributed by atoms with Crippen LogP contribution in [-0.2, 0) is 14.3 Å². The maximum atomic E-state index is 13.2. The number of methoxy groups -OCH3 is 1. The van der Waals surface area contributed by atoms with Gasteiger partial charge in [0.2, 0.25) is 5.78 Å². The van der Waals surface area contributed by atoms with Gasteiger partial charge in [0.05, 0.1) is 13.5 Å². The molecule has 0 aliphatic carbocycles. The van der Waals surface area contributed by atoms with Crippen LogP contribution in [-0.4, -0.2) is 24.6 Å². The van der Waals surface area contributed by atoms with Gasteiger partial charge in [-0.05, 0) is 18.6 Å². The lowest BCUT2D eigenvalue weighted by Crippen LogP contribution is -2.19. The number of benzene rings is 1. The first-order valence-electron chi connectivity index (χ1n) is 4.86. The summed E-state index contributed by atoms with van der Waals surface area (Å²) < 4.78 is 17.3. The third-order valence-electron chi connectivity index (χ3n) is 2.23. The summed E-state index contributed by atoms with van der Waals surface area (Å²) in [7, 11) is 1.05. The summed E-state index contributed by atoms with van der Waals surface area (Å²) in [6, 6.07) is 3.89. The van der Waals surface area contributed by atoms with Crippen molar-refractivity contribution in [1.29, 1.82) is 0 Å². The first-order chi connectivity index (χ1) is 7.95. The van der Waals surface area contributed by atoms with Crippen molar-refractivity contribution in [3.8, 4) is 0 Å². The average molecular weight is 238 g/mol. The highest BCUT2D eigenvalue weighted by molar-refractivity contribution is 6.38. The normalized spacial score (nSPS) is 9.82. The number of Topliss-reactive ketones (excluding diaryl/α,β-unsaturated/α-hetero) is 2. The highest BCUT2D eigenvalue weighted by Crippen LogP contribution is 2.11. The van der Waals surface area contributed by atoms with Crippen molar-refractivity contribution >= 4 is 17.5 Å². The molecule has 1 rings (SSSR count). The largest absolute Gasteiger partial charge is 0.463 e. The van der Waals surface area contributed by atoms with Gasteiger partial charge in [0, 0.05) is 5.56 Å². The molecular weight excluding hydrogens is 227 g/mol. The van der Waals surface area contributed by atoms with Crippen LogP contribution in [0.15, 0.2) is 18.2 Å². The van der Waals surface area contributed by atoms with E-state index in [2.05, 4.69) is 4.74 Å². The van der Waals surface area contributed by atoms with Crippen molar-refractivity contribution in [3.05, 3.63) is 35.1 Å². The number of esters is 1. The van der Waals surface area contributed by atoms with Gasteiger partial charge in [0.1, 0.15) is 5.82 Å². The molecule has 0 fully saturated rings. The maximum absolute atomic E-state index is 13.2. The van der Waals surface area contributed by atoms with Gasteiger partial charge in [-0.1, -0.05) is 12.1 Å². The Morgan fingerprint density at radius 3 is 2.47 bits per heavy atom. The molecule has 0 aromatic heterocycles. The van der Waals surface area contributed by atoms with Gasteiger partial charge in [-0.15, -0.1) is 0 Å². The van der Waals surface area contributed by atoms with E-state index in [-0.39, 0.29) is 5.56 Å². The number of ketones is 2. The molecular formula is C12H11FO4. The Morgan fingerprint density at radius 2 is 1.94 bits per heavy atom. The molecule has 0 atom stereocenters. The van der Waals surface area contributed by atoms with Crippen molar-refractivity contribution in [2.75, 3.05) is 7.11 Å². The van der Waals surface area contributed by atoms with Crippen molar-refractivity contribution in [2.24, 2.45) is 0 Å². The lowest BCUT2D eigenvalue weighted by molar-refractivity contribution is -0.151. The van der Waals surface area contributed by atoms with Crippen molar-refractivity contribution in [2.45, 2.75) is 13.3 Å². The lowest BCUT2D eigenvalue weighted by atomic mass is 10.0. The molecule has 0 radical (unpaired) electrons. The lowest BCUT2D eigenvalue weighted by Gasteiger charge is -2.01. The molecule has 0 unspecified atom stereocenters. The highest BCUT2D eigenvalue weighted by atomic mass is 19.1. The molecule has 0 spiro atoms. The standard InChI is InChI=1S/C12H11FO4/c1-7-3-4-8(5-9(7)13)10(14)6-11(15)12(16)17-2/h3-5H,6H2,1-2H3. The van der Waals surface area contributed by atoms with E-state index in [9.17, 15) is 18.8 Å². The summed E-state index contributed by atoms with van der Waals surface area (Å²) in [6.07, 6.45) is -0.616. The summed E-state index contributed by atoms with van der Waals surface area (Å²) in [5.41, 5.74) is 0.464. The molecule has 4 nitrogen and oxygen atoms in total. The van der Waals surface area contributed by atoms with Crippen LogP contribution in [0.3, 0.4) is 0 Å². The molecule has 0 N–H and O–H groups in total. The topological polar surface area (TPSA) is 60.4 Å². The number of carbonyl (C=O) groups is 3. The first kappa shape index (κ1) is 13.0. The Morgan fingerprint density at radius 1 is 1.29 bits per heavy atom. The zero-order valence-electron chi connectivity index (χ0n) is 9.45. The van der Waals surface area contributed by atoms with Crippen LogP contribution in [0.1, 0.15) is 22.3 Å². The summed E-state index contributed by atoms with van der Waals surface area (Å²) in [6.45, 7) is 1.56. The second-order valence-corrected chi connectivity index (χ2v) is 3.48. The van der Waals surface area contributed by atoms with E-state index in [0.717, 1.165) is 13.2 Å². The van der Waals surface area contributed by atoms with Crippen LogP contribution in [0, 0.1) is 12.7 Å². The predicted molar refractivity (Wildman–Crippen MR) is 57.1 cm³/mol. The molecule has 0 bridgehead atoms. The zero-order valence-corrected chi connectivity index (χ0v) is 9.45. The molecule has 1 aromatic rings. The van der Waals surface area contributed by atoms with Gasteiger partial charge < -0.3 is 4.74 Å². The second-order valence-electron chi connectivity index (χ2n) is 3.48. The Hall–Kier alpha value is -2.04. The molecule has 5 heteroatoms. The number of hydrogen-bond donors (Lipinski definition) is 0. The smallest absolute Gasteiger partial charge is 0.374 e. The SMILES string of the molecule is COC(=O)C(=O)CC(=O)c1ccc(C)c(F)c1.